The molecule has 16 heteroatoms. The summed E-state index contributed by atoms with van der Waals surface area (Å²) < 4.78 is 135. The van der Waals surface area contributed by atoms with Crippen molar-refractivity contribution in [2.75, 3.05) is 0 Å². The third-order valence-electron chi connectivity index (χ3n) is 8.53. The van der Waals surface area contributed by atoms with E-state index in [0.29, 0.717) is 11.1 Å². The number of fused-ring (bicyclic) bond motifs is 3. The first-order valence-electron chi connectivity index (χ1n) is 13.7. The molecule has 5 rings (SSSR count). The van der Waals surface area contributed by atoms with Gasteiger partial charge in [0.25, 0.3) is 0 Å². The molecule has 0 bridgehead atoms. The van der Waals surface area contributed by atoms with Gasteiger partial charge < -0.3 is 5.21 Å². The minimum atomic E-state index is -4.33. The fraction of sp³-hybridized carbons (Fsp3) is 0.519. The van der Waals surface area contributed by atoms with Crippen LogP contribution in [-0.2, 0) is 20.0 Å². The van der Waals surface area contributed by atoms with E-state index in [1.54, 1.807) is 0 Å². The Labute approximate surface area is 244 Å². The predicted molar refractivity (Wildman–Crippen MR) is 144 cm³/mol. The first-order chi connectivity index (χ1) is 20.0. The van der Waals surface area contributed by atoms with E-state index in [-0.39, 0.29) is 78.0 Å². The molecule has 0 amide bonds. The molecule has 0 atom stereocenters. The number of nitrogens with one attached hydrogen (secondary N) is 2. The zero-order valence-corrected chi connectivity index (χ0v) is 24.2. The quantitative estimate of drug-likeness (QED) is 0.179. The highest BCUT2D eigenvalue weighted by Gasteiger charge is 2.43. The van der Waals surface area contributed by atoms with Crippen LogP contribution in [0.15, 0.2) is 51.3 Å². The Balaban J connectivity index is 1.32. The molecular formula is C27H29F6N3O5S2. The van der Waals surface area contributed by atoms with Crippen molar-refractivity contribution in [2.45, 2.75) is 85.6 Å². The number of oxime groups is 1. The van der Waals surface area contributed by atoms with Crippen LogP contribution in [0, 0.1) is 11.8 Å². The van der Waals surface area contributed by atoms with Crippen LogP contribution in [0.3, 0.4) is 0 Å². The SMILES string of the molecule is O=S(=O)(NC1CCC(C(F)(F)F)CC1)c1ccc2c(c1)C(=NO)c1cc(S(=O)(=O)NC3CCC(C(F)(F)F)CC3)ccc1-2. The van der Waals surface area contributed by atoms with E-state index in [0.717, 1.165) is 0 Å². The molecular weight excluding hydrogens is 624 g/mol. The summed E-state index contributed by atoms with van der Waals surface area (Å²) in [6.45, 7) is 0. The summed E-state index contributed by atoms with van der Waals surface area (Å²) in [5.74, 6) is -2.94. The molecule has 3 N–H and O–H groups in total. The van der Waals surface area contributed by atoms with Gasteiger partial charge in [-0.3, -0.25) is 0 Å². The first kappa shape index (κ1) is 31.7. The van der Waals surface area contributed by atoms with E-state index in [4.69, 9.17) is 0 Å². The lowest BCUT2D eigenvalue weighted by molar-refractivity contribution is -0.183. The van der Waals surface area contributed by atoms with Crippen molar-refractivity contribution >= 4 is 25.8 Å². The second-order valence-corrected chi connectivity index (χ2v) is 14.7. The minimum Gasteiger partial charge on any atom is -0.410 e. The summed E-state index contributed by atoms with van der Waals surface area (Å²) in [5, 5.41) is 13.1. The molecule has 43 heavy (non-hydrogen) atoms. The minimum absolute atomic E-state index is 0.0260. The summed E-state index contributed by atoms with van der Waals surface area (Å²) in [7, 11) is -8.32. The van der Waals surface area contributed by atoms with E-state index in [9.17, 15) is 48.4 Å². The third-order valence-corrected chi connectivity index (χ3v) is 11.6. The fourth-order valence-corrected chi connectivity index (χ4v) is 8.81. The maximum Gasteiger partial charge on any atom is 0.391 e. The summed E-state index contributed by atoms with van der Waals surface area (Å²) in [6, 6.07) is 6.68. The maximum atomic E-state index is 13.1. The predicted octanol–water partition coefficient (Wildman–Crippen LogP) is 5.69. The standard InChI is InChI=1S/C27H29F6N3O5S2/c28-26(29,30)15-1-5-17(6-2-15)35-42(38,39)19-9-11-21-22-12-10-20(14-24(22)25(34-37)23(21)13-19)43(40,41)36-18-7-3-16(4-8-18)27(31,32)33/h9-18,35-37H,1-8H2. The van der Waals surface area contributed by atoms with Crippen LogP contribution in [0.1, 0.15) is 62.5 Å². The topological polar surface area (TPSA) is 125 Å². The Morgan fingerprint density at radius 2 is 0.953 bits per heavy atom. The zero-order chi connectivity index (χ0) is 31.4. The van der Waals surface area contributed by atoms with Gasteiger partial charge in [-0.2, -0.15) is 26.3 Å². The Bertz CT molecular complexity index is 1510. The van der Waals surface area contributed by atoms with Gasteiger partial charge in [-0.15, -0.1) is 0 Å². The van der Waals surface area contributed by atoms with E-state index in [2.05, 4.69) is 14.6 Å². The first-order valence-corrected chi connectivity index (χ1v) is 16.7. The molecule has 3 aliphatic rings. The van der Waals surface area contributed by atoms with Gasteiger partial charge in [0.05, 0.1) is 21.6 Å². The Morgan fingerprint density at radius 1 is 0.605 bits per heavy atom. The van der Waals surface area contributed by atoms with E-state index >= 15 is 0 Å². The molecule has 0 heterocycles. The molecule has 0 aliphatic heterocycles. The molecule has 236 valence electrons. The van der Waals surface area contributed by atoms with Crippen LogP contribution in [0.4, 0.5) is 26.3 Å². The lowest BCUT2D eigenvalue weighted by Gasteiger charge is -2.30. The number of nitrogens with zero attached hydrogens (tertiary/aromatic N) is 1. The summed E-state index contributed by atoms with van der Waals surface area (Å²) >= 11 is 0. The fourth-order valence-electron chi connectivity index (χ4n) is 6.15. The molecule has 0 aromatic heterocycles. The zero-order valence-electron chi connectivity index (χ0n) is 22.5. The van der Waals surface area contributed by atoms with Crippen molar-refractivity contribution in [2.24, 2.45) is 17.0 Å². The average Bonchev–Trinajstić information content (AvgIpc) is 3.24. The molecule has 0 unspecified atom stereocenters. The van der Waals surface area contributed by atoms with Crippen LogP contribution in [0.25, 0.3) is 11.1 Å². The highest BCUT2D eigenvalue weighted by molar-refractivity contribution is 7.89. The number of hydrogen-bond acceptors (Lipinski definition) is 6. The number of sulfonamides is 2. The van der Waals surface area contributed by atoms with Gasteiger partial charge in [0, 0.05) is 23.2 Å². The maximum absolute atomic E-state index is 13.1. The second-order valence-electron chi connectivity index (χ2n) is 11.3. The summed E-state index contributed by atoms with van der Waals surface area (Å²) in [6.07, 6.45) is -9.31. The van der Waals surface area contributed by atoms with Gasteiger partial charge in [-0.1, -0.05) is 17.3 Å². The molecule has 0 saturated heterocycles. The third kappa shape index (κ3) is 6.56. The van der Waals surface area contributed by atoms with Crippen molar-refractivity contribution < 1.29 is 48.4 Å². The number of benzene rings is 2. The molecule has 3 aliphatic carbocycles. The largest absolute Gasteiger partial charge is 0.410 e. The van der Waals surface area contributed by atoms with Crippen molar-refractivity contribution in [3.8, 4) is 11.1 Å². The van der Waals surface area contributed by atoms with Crippen LogP contribution in [0.2, 0.25) is 0 Å². The van der Waals surface area contributed by atoms with Crippen molar-refractivity contribution in [3.63, 3.8) is 0 Å². The number of halogens is 6. The lowest BCUT2D eigenvalue weighted by atomic mass is 9.86. The van der Waals surface area contributed by atoms with Crippen LogP contribution in [0.5, 0.6) is 0 Å². The normalized spacial score (nSPS) is 24.8. The summed E-state index contributed by atoms with van der Waals surface area (Å²) in [4.78, 5) is -0.413. The molecule has 2 fully saturated rings. The molecule has 2 aromatic rings. The van der Waals surface area contributed by atoms with E-state index in [1.165, 1.54) is 36.4 Å². The number of hydrogen-bond donors (Lipinski definition) is 3. The van der Waals surface area contributed by atoms with Gasteiger partial charge in [0.15, 0.2) is 0 Å². The van der Waals surface area contributed by atoms with Crippen LogP contribution < -0.4 is 9.44 Å². The lowest BCUT2D eigenvalue weighted by Crippen LogP contribution is -2.40. The van der Waals surface area contributed by atoms with Gasteiger partial charge in [-0.05, 0) is 86.8 Å². The van der Waals surface area contributed by atoms with Crippen LogP contribution >= 0.6 is 0 Å². The molecule has 8 nitrogen and oxygen atoms in total. The smallest absolute Gasteiger partial charge is 0.391 e. The second kappa shape index (κ2) is 11.3. The van der Waals surface area contributed by atoms with Gasteiger partial charge in [0.2, 0.25) is 20.0 Å². The highest BCUT2D eigenvalue weighted by atomic mass is 32.2. The average molecular weight is 654 g/mol. The van der Waals surface area contributed by atoms with E-state index in [1.807, 2.05) is 0 Å². The molecule has 2 saturated carbocycles. The Kier molecular flexibility index (Phi) is 8.37. The van der Waals surface area contributed by atoms with Gasteiger partial charge in [0.1, 0.15) is 5.71 Å². The molecule has 2 aromatic carbocycles. The van der Waals surface area contributed by atoms with Gasteiger partial charge >= 0.3 is 12.4 Å². The summed E-state index contributed by atoms with van der Waals surface area (Å²) in [5.41, 5.74) is 1.25. The van der Waals surface area contributed by atoms with Crippen molar-refractivity contribution in [1.29, 1.82) is 0 Å². The van der Waals surface area contributed by atoms with Gasteiger partial charge in [-0.25, -0.2) is 26.3 Å². The van der Waals surface area contributed by atoms with Crippen LogP contribution in [-0.4, -0.2) is 52.2 Å². The van der Waals surface area contributed by atoms with Crippen molar-refractivity contribution in [3.05, 3.63) is 47.5 Å². The van der Waals surface area contributed by atoms with Crippen molar-refractivity contribution in [1.82, 2.24) is 9.44 Å². The monoisotopic (exact) mass is 653 g/mol. The number of alkyl halides is 6. The molecule has 0 spiro atoms. The highest BCUT2D eigenvalue weighted by Crippen LogP contribution is 2.41. The Morgan fingerprint density at radius 3 is 1.26 bits per heavy atom. The molecule has 0 radical (unpaired) electrons. The number of rotatable bonds is 6. The van der Waals surface area contributed by atoms with E-state index < -0.39 is 56.3 Å². The Hall–Kier alpha value is -2.69.